The van der Waals surface area contributed by atoms with Crippen LogP contribution in [0.3, 0.4) is 0 Å². The predicted molar refractivity (Wildman–Crippen MR) is 226 cm³/mol. The number of unbranched alkanes of at least 4 members (excludes halogenated alkanes) is 3. The second-order valence-corrected chi connectivity index (χ2v) is 19.6. The molecule has 0 radical (unpaired) electrons. The van der Waals surface area contributed by atoms with Crippen molar-refractivity contribution in [3.63, 3.8) is 0 Å². The number of ether oxygens (including phenoxy) is 1. The van der Waals surface area contributed by atoms with Crippen molar-refractivity contribution >= 4 is 50.1 Å². The number of likely N-dealkylation sites (tertiary alicyclic amines) is 1. The van der Waals surface area contributed by atoms with Crippen LogP contribution in [-0.4, -0.2) is 82.1 Å². The summed E-state index contributed by atoms with van der Waals surface area (Å²) in [6.07, 6.45) is 10.3. The van der Waals surface area contributed by atoms with E-state index in [-0.39, 0.29) is 36.2 Å². The van der Waals surface area contributed by atoms with Crippen molar-refractivity contribution in [3.05, 3.63) is 77.3 Å². The van der Waals surface area contributed by atoms with Crippen LogP contribution >= 0.6 is 11.3 Å². The lowest BCUT2D eigenvalue weighted by molar-refractivity contribution is -0.139. The van der Waals surface area contributed by atoms with Gasteiger partial charge in [0.1, 0.15) is 22.7 Å². The summed E-state index contributed by atoms with van der Waals surface area (Å²) >= 11 is 1.59. The van der Waals surface area contributed by atoms with Crippen molar-refractivity contribution in [2.24, 2.45) is 17.6 Å². The third-order valence-corrected chi connectivity index (χ3v) is 14.8. The molecule has 0 spiro atoms. The van der Waals surface area contributed by atoms with Crippen LogP contribution in [0.2, 0.25) is 0 Å². The number of thiazole rings is 1. The second-order valence-electron chi connectivity index (χ2n) is 16.5. The highest BCUT2D eigenvalue weighted by Gasteiger charge is 2.52. The number of benzene rings is 2. The number of hydrogen-bond donors (Lipinski definition) is 3. The van der Waals surface area contributed by atoms with Gasteiger partial charge in [0, 0.05) is 42.8 Å². The standard InChI is InChI=1S/C43H55N7O6S2/c1-27(2)50-35-19-13-17-32(40-46-30(26-57-40)22-28-14-9-8-10-15-28)37(35)47-42(50)56-31-24-36(39(52)45-4)49(25-31)41(53)34(44)18-12-7-5-6-11-16-29-23-33(29)38(51)48-58(54,55)43(3)20-21-43/h8-11,13-17,19,26-27,29,31,33-34,36H,5-7,12,18,20-25,44H2,1-4H3,(H,45,52)(H,48,51)/b16-11-/t29-,31-,33+,34+,36+/m1/s1. The Morgan fingerprint density at radius 2 is 1.81 bits per heavy atom. The first-order chi connectivity index (χ1) is 27.8. The minimum absolute atomic E-state index is 0.0247. The van der Waals surface area contributed by atoms with E-state index in [2.05, 4.69) is 52.0 Å². The summed E-state index contributed by atoms with van der Waals surface area (Å²) in [6.45, 7) is 6.03. The predicted octanol–water partition coefficient (Wildman–Crippen LogP) is 5.89. The van der Waals surface area contributed by atoms with Crippen molar-refractivity contribution in [1.82, 2.24) is 29.5 Å². The number of imidazole rings is 1. The Morgan fingerprint density at radius 3 is 2.53 bits per heavy atom. The number of sulfonamides is 1. The summed E-state index contributed by atoms with van der Waals surface area (Å²) in [4.78, 5) is 50.8. The van der Waals surface area contributed by atoms with E-state index in [1.54, 1.807) is 30.2 Å². The van der Waals surface area contributed by atoms with Crippen LogP contribution in [0.4, 0.5) is 0 Å². The molecule has 4 aromatic rings. The highest BCUT2D eigenvalue weighted by Crippen LogP contribution is 2.44. The van der Waals surface area contributed by atoms with Crippen LogP contribution < -0.4 is 20.5 Å². The first-order valence-electron chi connectivity index (χ1n) is 20.5. The maximum atomic E-state index is 13.7. The first-order valence-corrected chi connectivity index (χ1v) is 22.8. The molecule has 5 atom stereocenters. The van der Waals surface area contributed by atoms with Crippen molar-refractivity contribution in [3.8, 4) is 16.6 Å². The summed E-state index contributed by atoms with van der Waals surface area (Å²) in [7, 11) is -2.05. The zero-order chi connectivity index (χ0) is 41.2. The Hall–Kier alpha value is -4.60. The Balaban J connectivity index is 0.924. The Kier molecular flexibility index (Phi) is 12.4. The van der Waals surface area contributed by atoms with Gasteiger partial charge >= 0.3 is 0 Å². The molecular weight excluding hydrogens is 775 g/mol. The largest absolute Gasteiger partial charge is 0.459 e. The average molecular weight is 830 g/mol. The van der Waals surface area contributed by atoms with Crippen molar-refractivity contribution in [2.75, 3.05) is 13.6 Å². The number of carbonyl (C=O) groups is 3. The average Bonchev–Trinajstić information content (AvgIpc) is 3.98. The number of nitrogens with one attached hydrogen (secondary N) is 2. The van der Waals surface area contributed by atoms with Gasteiger partial charge in [0.15, 0.2) is 0 Å². The molecule has 0 unspecified atom stereocenters. The van der Waals surface area contributed by atoms with Crippen LogP contribution in [0.25, 0.3) is 21.6 Å². The number of nitrogens with zero attached hydrogens (tertiary/aromatic N) is 4. The summed E-state index contributed by atoms with van der Waals surface area (Å²) in [5.74, 6) is -1.16. The molecule has 2 aromatic carbocycles. The van der Waals surface area contributed by atoms with E-state index in [1.165, 1.54) is 5.56 Å². The van der Waals surface area contributed by atoms with E-state index >= 15 is 0 Å². The Bertz CT molecular complexity index is 2270. The molecule has 310 valence electrons. The van der Waals surface area contributed by atoms with E-state index in [4.69, 9.17) is 20.4 Å². The molecule has 3 aliphatic rings. The zero-order valence-corrected chi connectivity index (χ0v) is 35.4. The summed E-state index contributed by atoms with van der Waals surface area (Å²) in [5, 5.41) is 5.68. The number of allylic oxidation sites excluding steroid dienone is 2. The minimum atomic E-state index is -3.61. The topological polar surface area (TPSA) is 179 Å². The van der Waals surface area contributed by atoms with Crippen LogP contribution in [0.1, 0.15) is 95.9 Å². The third-order valence-electron chi connectivity index (χ3n) is 11.7. The van der Waals surface area contributed by atoms with Crippen LogP contribution in [0.15, 0.2) is 66.1 Å². The lowest BCUT2D eigenvalue weighted by Gasteiger charge is -2.26. The van der Waals surface area contributed by atoms with Gasteiger partial charge in [-0.1, -0.05) is 61.4 Å². The normalized spacial score (nSPS) is 21.7. The molecule has 2 saturated carbocycles. The van der Waals surface area contributed by atoms with Gasteiger partial charge in [-0.05, 0) is 82.9 Å². The van der Waals surface area contributed by atoms with Gasteiger partial charge in [-0.3, -0.25) is 23.7 Å². The highest BCUT2D eigenvalue weighted by molar-refractivity contribution is 7.91. The number of nitrogens with two attached hydrogens (primary N) is 1. The van der Waals surface area contributed by atoms with Crippen LogP contribution in [0.5, 0.6) is 6.01 Å². The lowest BCUT2D eigenvalue weighted by Crippen LogP contribution is -2.50. The highest BCUT2D eigenvalue weighted by atomic mass is 32.2. The van der Waals surface area contributed by atoms with Gasteiger partial charge in [0.05, 0.1) is 28.5 Å². The van der Waals surface area contributed by atoms with Gasteiger partial charge in [-0.25, -0.2) is 13.4 Å². The van der Waals surface area contributed by atoms with Gasteiger partial charge in [-0.15, -0.1) is 11.3 Å². The van der Waals surface area contributed by atoms with Crippen molar-refractivity contribution < 1.29 is 27.5 Å². The molecule has 1 saturated heterocycles. The smallest absolute Gasteiger partial charge is 0.297 e. The van der Waals surface area contributed by atoms with Gasteiger partial charge < -0.3 is 20.7 Å². The lowest BCUT2D eigenvalue weighted by atomic mass is 10.1. The van der Waals surface area contributed by atoms with E-state index < -0.39 is 38.9 Å². The molecule has 3 amide bonds. The van der Waals surface area contributed by atoms with Gasteiger partial charge in [-0.2, -0.15) is 4.98 Å². The summed E-state index contributed by atoms with van der Waals surface area (Å²) in [6, 6.07) is 15.3. The SMILES string of the molecule is CNC(=O)[C@@H]1C[C@@H](Oc2nc3c(-c4nc(Cc5ccccc5)cs4)cccc3n2C(C)C)CN1C(=O)[C@@H](N)CCCCC/C=C\[C@@H]1C[C@@H]1C(=O)NS(=O)(=O)C1(C)CC1. The third kappa shape index (κ3) is 9.16. The molecule has 1 aliphatic heterocycles. The summed E-state index contributed by atoms with van der Waals surface area (Å²) in [5.41, 5.74) is 11.3. The number of para-hydroxylation sites is 1. The quantitative estimate of drug-likeness (QED) is 0.0815. The Labute approximate surface area is 344 Å². The number of amides is 3. The van der Waals surface area contributed by atoms with Crippen LogP contribution in [0, 0.1) is 11.8 Å². The molecule has 2 aromatic heterocycles. The Morgan fingerprint density at radius 1 is 1.03 bits per heavy atom. The molecule has 7 rings (SSSR count). The molecule has 3 fully saturated rings. The van der Waals surface area contributed by atoms with E-state index in [0.717, 1.165) is 59.4 Å². The second kappa shape index (κ2) is 17.3. The van der Waals surface area contributed by atoms with Gasteiger partial charge in [0.2, 0.25) is 27.7 Å². The van der Waals surface area contributed by atoms with E-state index in [1.807, 2.05) is 42.5 Å². The zero-order valence-electron chi connectivity index (χ0n) is 33.7. The molecular formula is C43H55N7O6S2. The fourth-order valence-electron chi connectivity index (χ4n) is 7.77. The number of rotatable bonds is 18. The molecule has 3 heterocycles. The molecule has 0 bridgehead atoms. The fraction of sp³-hybridized carbons (Fsp3) is 0.512. The molecule has 58 heavy (non-hydrogen) atoms. The van der Waals surface area contributed by atoms with E-state index in [0.29, 0.717) is 38.1 Å². The number of likely N-dealkylation sites (N-methyl/N-ethyl adjacent to an activating group) is 1. The molecule has 13 nitrogen and oxygen atoms in total. The number of fused-ring (bicyclic) bond motifs is 1. The van der Waals surface area contributed by atoms with Crippen molar-refractivity contribution in [1.29, 1.82) is 0 Å². The maximum absolute atomic E-state index is 13.7. The molecule has 15 heteroatoms. The van der Waals surface area contributed by atoms with Gasteiger partial charge in [0.25, 0.3) is 6.01 Å². The minimum Gasteiger partial charge on any atom is -0.459 e. The number of carbonyl (C=O) groups excluding carboxylic acids is 3. The number of aromatic nitrogens is 3. The van der Waals surface area contributed by atoms with Crippen LogP contribution in [-0.2, 0) is 30.8 Å². The fourth-order valence-corrected chi connectivity index (χ4v) is 9.92. The molecule has 2 aliphatic carbocycles. The maximum Gasteiger partial charge on any atom is 0.297 e. The first kappa shape index (κ1) is 41.6. The van der Waals surface area contributed by atoms with E-state index in [9.17, 15) is 22.8 Å². The summed E-state index contributed by atoms with van der Waals surface area (Å²) < 4.78 is 34.9. The monoisotopic (exact) mass is 829 g/mol. The molecule has 4 N–H and O–H groups in total. The number of hydrogen-bond acceptors (Lipinski definition) is 10. The van der Waals surface area contributed by atoms with Crippen molar-refractivity contribution in [2.45, 2.75) is 114 Å².